The van der Waals surface area contributed by atoms with Gasteiger partial charge < -0.3 is 103 Å². The summed E-state index contributed by atoms with van der Waals surface area (Å²) < 4.78 is 34.4. The predicted molar refractivity (Wildman–Crippen MR) is 575 cm³/mol. The van der Waals surface area contributed by atoms with E-state index >= 15 is 0 Å². The first-order valence-corrected chi connectivity index (χ1v) is 50.1. The lowest BCUT2D eigenvalue weighted by Crippen LogP contribution is -2.50. The minimum absolute atomic E-state index is 0. The smallest absolute Gasteiger partial charge is 0.410 e. The molecule has 6 aliphatic rings. The number of rotatable bonds is 20. The number of halogens is 2. The number of H-pyrrole nitrogens is 3. The first-order valence-electron chi connectivity index (χ1n) is 50.1. The van der Waals surface area contributed by atoms with Crippen LogP contribution in [0.4, 0.5) is 27.0 Å². The number of ether oxygens (including phenoxy) is 5. The summed E-state index contributed by atoms with van der Waals surface area (Å²) in [4.78, 5) is 141. The van der Waals surface area contributed by atoms with Crippen molar-refractivity contribution in [1.82, 2.24) is 83.6 Å². The van der Waals surface area contributed by atoms with Crippen LogP contribution in [0.5, 0.6) is 0 Å². The molecule has 3 atom stereocenters. The van der Waals surface area contributed by atoms with E-state index in [1.807, 2.05) is 177 Å². The second-order valence-electron chi connectivity index (χ2n) is 40.3. The molecule has 0 aromatic carbocycles. The van der Waals surface area contributed by atoms with Crippen molar-refractivity contribution in [3.63, 3.8) is 0 Å². The Balaban J connectivity index is 0.000000173. The fourth-order valence-electron chi connectivity index (χ4n) is 20.1. The molecule has 0 spiro atoms. The molecule has 37 heteroatoms. The maximum absolute atomic E-state index is 13.8. The van der Waals surface area contributed by atoms with Crippen LogP contribution in [0.2, 0.25) is 0 Å². The van der Waals surface area contributed by atoms with E-state index in [4.69, 9.17) is 44.4 Å². The van der Waals surface area contributed by atoms with E-state index in [1.54, 1.807) is 15.9 Å². The predicted octanol–water partition coefficient (Wildman–Crippen LogP) is 14.1. The van der Waals surface area contributed by atoms with Gasteiger partial charge in [-0.05, 0) is 249 Å². The van der Waals surface area contributed by atoms with Gasteiger partial charge in [0.05, 0.1) is 45.2 Å². The number of aromatic amines is 3. The molecule has 146 heavy (non-hydrogen) atoms. The molecule has 3 unspecified atom stereocenters. The third-order valence-electron chi connectivity index (χ3n) is 28.0. The zero-order valence-corrected chi connectivity index (χ0v) is 89.0. The van der Waals surface area contributed by atoms with Crippen LogP contribution < -0.4 is 53.1 Å². The van der Waals surface area contributed by atoms with E-state index in [0.29, 0.717) is 132 Å². The number of aromatic carboxylic acids is 1. The van der Waals surface area contributed by atoms with Gasteiger partial charge in [-0.25, -0.2) is 29.3 Å². The van der Waals surface area contributed by atoms with Crippen LogP contribution in [0, 0.1) is 62.3 Å². The topological polar surface area (TPSA) is 390 Å². The van der Waals surface area contributed by atoms with Crippen molar-refractivity contribution in [1.29, 1.82) is 0 Å². The number of piperazine rings is 3. The van der Waals surface area contributed by atoms with Crippen LogP contribution in [-0.2, 0) is 43.3 Å². The summed E-state index contributed by atoms with van der Waals surface area (Å²) in [5.74, 6) is 1.38. The molecule has 4 amide bonds. The molecule has 9 N–H and O–H groups in total. The Morgan fingerprint density at radius 1 is 0.404 bits per heavy atom. The van der Waals surface area contributed by atoms with Crippen molar-refractivity contribution >= 4 is 88.8 Å². The number of pyridine rings is 9. The van der Waals surface area contributed by atoms with Crippen molar-refractivity contribution in [2.24, 2.45) is 5.73 Å². The summed E-state index contributed by atoms with van der Waals surface area (Å²) >= 11 is 0. The molecule has 6 aliphatic heterocycles. The number of hydrogen-bond acceptors (Lipinski definition) is 24. The number of aromatic nitrogens is 9. The van der Waals surface area contributed by atoms with Gasteiger partial charge in [0, 0.05) is 305 Å². The molecular weight excluding hydrogens is 1900 g/mol. The highest BCUT2D eigenvalue weighted by molar-refractivity contribution is 5.99. The fourth-order valence-corrected chi connectivity index (χ4v) is 20.1. The van der Waals surface area contributed by atoms with E-state index in [1.165, 1.54) is 0 Å². The van der Waals surface area contributed by atoms with Gasteiger partial charge in [-0.1, -0.05) is 0 Å². The van der Waals surface area contributed by atoms with Crippen LogP contribution in [0.1, 0.15) is 196 Å². The second-order valence-corrected chi connectivity index (χ2v) is 40.3. The van der Waals surface area contributed by atoms with Gasteiger partial charge in [-0.2, -0.15) is 0 Å². The van der Waals surface area contributed by atoms with Crippen LogP contribution in [0.25, 0.3) is 49.9 Å². The number of carbonyl (C=O) groups is 5. The molecule has 6 saturated heterocycles. The Labute approximate surface area is 865 Å². The normalized spacial score (nSPS) is 16.2. The lowest BCUT2D eigenvalue weighted by molar-refractivity contribution is 0.0186. The number of morpholine rings is 3. The third kappa shape index (κ3) is 26.2. The minimum atomic E-state index is -0.920. The highest BCUT2D eigenvalue weighted by Crippen LogP contribution is 2.38. The summed E-state index contributed by atoms with van der Waals surface area (Å²) in [7, 11) is 0. The van der Waals surface area contributed by atoms with Crippen LogP contribution >= 0.6 is 24.8 Å². The van der Waals surface area contributed by atoms with Crippen molar-refractivity contribution in [2.45, 2.75) is 174 Å². The maximum atomic E-state index is 13.8. The van der Waals surface area contributed by atoms with E-state index in [9.17, 15) is 43.5 Å². The molecule has 35 nitrogen and oxygen atoms in total. The highest BCUT2D eigenvalue weighted by atomic mass is 35.5. The fraction of sp³-hybridized carbons (Fsp3) is 0.459. The van der Waals surface area contributed by atoms with Gasteiger partial charge in [-0.3, -0.25) is 38.7 Å². The number of nitrogens with one attached hydrogen (secondary N) is 6. The summed E-state index contributed by atoms with van der Waals surface area (Å²) in [6, 6.07) is 30.2. The Hall–Kier alpha value is -12.8. The summed E-state index contributed by atoms with van der Waals surface area (Å²) in [5, 5.41) is 19.4. The second kappa shape index (κ2) is 48.2. The number of fused-ring (bicyclic) bond motifs is 3. The van der Waals surface area contributed by atoms with Gasteiger partial charge >= 0.3 is 18.2 Å². The number of amides is 4. The monoisotopic (exact) mass is 2040 g/mol. The zero-order valence-electron chi connectivity index (χ0n) is 87.4. The molecule has 18 rings (SSSR count). The Morgan fingerprint density at radius 2 is 0.699 bits per heavy atom. The number of hydrogen-bond donors (Lipinski definition) is 8. The van der Waals surface area contributed by atoms with Crippen LogP contribution in [-0.4, -0.2) is 271 Å². The molecular formula is C109H143Cl2N21O14. The molecule has 12 aromatic rings. The SMILES string of the molecule is Cc1c(C(=O)O)cc2cc(-c3ccc(N4CCN(C(=O)OC(C)(C)C)CC4)nc3)cn2c1C(C)N1CCOCC1.Cc1cc(C)c(CN)c(=O)[nH]1.Cc1cc(C)c(CNC(=O)c2cc3cc(-c4ccc(N5CCN(C(=O)OC(C)(C)C)CC5)nc4)cn3c(C(C)N3CCOCC3)c2C)c(=O)[nH]1.Cc1cc(C)c(CNC(=O)c2cc3cc(-c4ccc(N5CCNCC5)nc4)cn3c(C(C)N3CCOCC3)c2C)c(=O)[nH]1.Cl.Cl. The van der Waals surface area contributed by atoms with Gasteiger partial charge in [-0.15, -0.1) is 24.8 Å². The number of nitrogens with zero attached hydrogens (tertiary/aromatic N) is 14. The average molecular weight is 2040 g/mol. The largest absolute Gasteiger partial charge is 0.478 e. The van der Waals surface area contributed by atoms with Crippen molar-refractivity contribution < 1.29 is 52.8 Å². The molecule has 18 heterocycles. The first kappa shape index (κ1) is 110. The van der Waals surface area contributed by atoms with E-state index < -0.39 is 17.2 Å². The van der Waals surface area contributed by atoms with Gasteiger partial charge in [0.15, 0.2) is 0 Å². The van der Waals surface area contributed by atoms with E-state index in [0.717, 1.165) is 200 Å². The number of aryl methyl sites for hydroxylation is 6. The standard InChI is InChI=1S/C38H49N7O5.C33H41N7O3.C30H39N5O5.C8H12N2O.2ClH/c1-24-18-25(2)41-36(47)32(24)22-40-35(46)31-20-30-19-29(23-45(30)34(26(31)3)27(4)42-14-16-49-17-15-42)28-8-9-33(39-21-28)43-10-12-44(13-11-43)37(48)50-38(5,6)7;1-21-15-22(2)37-33(42)29(21)19-36-32(41)28-17-27-16-26(25-5-6-30(35-18-25)39-9-7-34-8-10-39)20-40(27)31(23(28)3)24(4)38-11-13-43-14-12-38;1-20-25(28(36)37)17-24-16-23(19-35(24)27(20)21(2)32-12-14-39-15-13-32)22-6-7-26(31-18-22)33-8-10-34(11-9-33)29(38)40-30(3,4)5;1-5-3-6(2)10-8(11)7(5)4-9;;/h8-9,18-21,23,27H,10-17,22H2,1-7H3,(H,40,46)(H,41,47);5-6,15-18,20,24,34H,7-14,19H2,1-4H3,(H,36,41)(H,37,42);6-7,16-19,21H,8-15H2,1-5H3,(H,36,37);3H,4,9H2,1-2H3,(H,10,11);2*1H. The van der Waals surface area contributed by atoms with Crippen molar-refractivity contribution in [3.05, 3.63) is 260 Å². The Kier molecular flexibility index (Phi) is 36.5. The van der Waals surface area contributed by atoms with E-state index in [-0.39, 0.29) is 96.7 Å². The molecule has 6 fully saturated rings. The molecule has 0 bridgehead atoms. The minimum Gasteiger partial charge on any atom is -0.478 e. The molecule has 0 aliphatic carbocycles. The first-order chi connectivity index (χ1) is 68.7. The summed E-state index contributed by atoms with van der Waals surface area (Å²) in [6.45, 7) is 53.4. The number of anilines is 3. The van der Waals surface area contributed by atoms with Crippen LogP contribution in [0.3, 0.4) is 0 Å². The molecule has 0 radical (unpaired) electrons. The summed E-state index contributed by atoms with van der Waals surface area (Å²) in [5.41, 5.74) is 26.8. The number of nitrogens with two attached hydrogens (primary N) is 1. The third-order valence-corrected chi connectivity index (χ3v) is 28.0. The molecule has 12 aromatic heterocycles. The Bertz CT molecular complexity index is 6820. The van der Waals surface area contributed by atoms with Crippen molar-refractivity contribution in [2.75, 3.05) is 172 Å². The van der Waals surface area contributed by atoms with E-state index in [2.05, 4.69) is 143 Å². The molecule has 782 valence electrons. The number of carbonyl (C=O) groups excluding carboxylic acids is 4. The average Bonchev–Trinajstić information content (AvgIpc) is 1.59. The Morgan fingerprint density at radius 3 is 0.979 bits per heavy atom. The highest BCUT2D eigenvalue weighted by Gasteiger charge is 2.34. The van der Waals surface area contributed by atoms with Crippen molar-refractivity contribution in [3.8, 4) is 33.4 Å². The van der Waals surface area contributed by atoms with Gasteiger partial charge in [0.1, 0.15) is 28.7 Å². The quantitative estimate of drug-likeness (QED) is 0.0351. The number of carboxylic acid groups (broad SMARTS) is 1. The lowest BCUT2D eigenvalue weighted by atomic mass is 10.0. The van der Waals surface area contributed by atoms with Crippen LogP contribution in [0.15, 0.2) is 143 Å². The lowest BCUT2D eigenvalue weighted by Gasteiger charge is -2.36. The van der Waals surface area contributed by atoms with Gasteiger partial charge in [0.25, 0.3) is 28.5 Å². The maximum Gasteiger partial charge on any atom is 0.410 e. The van der Waals surface area contributed by atoms with Gasteiger partial charge in [0.2, 0.25) is 0 Å². The number of carboxylic acids is 1. The molecule has 0 saturated carbocycles. The zero-order chi connectivity index (χ0) is 103. The summed E-state index contributed by atoms with van der Waals surface area (Å²) in [6.07, 6.45) is 11.5.